The lowest BCUT2D eigenvalue weighted by Crippen LogP contribution is -2.55. The molecule has 0 unspecified atom stereocenters. The van der Waals surface area contributed by atoms with Crippen molar-refractivity contribution in [2.24, 2.45) is 5.41 Å². The average Bonchev–Trinajstić information content (AvgIpc) is 2.13. The van der Waals surface area contributed by atoms with E-state index in [4.69, 9.17) is 0 Å². The first-order valence-electron chi connectivity index (χ1n) is 5.21. The summed E-state index contributed by atoms with van der Waals surface area (Å²) >= 11 is 0. The third-order valence-electron chi connectivity index (χ3n) is 2.81. The molecule has 17 heavy (non-hydrogen) atoms. The molecule has 0 aliphatic carbocycles. The monoisotopic (exact) mass is 259 g/mol. The fourth-order valence-electron chi connectivity index (χ4n) is 1.92. The summed E-state index contributed by atoms with van der Waals surface area (Å²) in [5.74, 6) is -7.43. The molecular weight excluding hydrogens is 245 g/mol. The van der Waals surface area contributed by atoms with Crippen molar-refractivity contribution in [1.29, 1.82) is 0 Å². The lowest BCUT2D eigenvalue weighted by molar-refractivity contribution is -0.275. The van der Waals surface area contributed by atoms with Gasteiger partial charge >= 0.3 is 18.0 Å². The molecule has 1 aliphatic rings. The van der Waals surface area contributed by atoms with Gasteiger partial charge in [0.05, 0.1) is 0 Å². The van der Waals surface area contributed by atoms with Crippen LogP contribution in [0.3, 0.4) is 0 Å². The van der Waals surface area contributed by atoms with Gasteiger partial charge in [-0.3, -0.25) is 4.79 Å². The van der Waals surface area contributed by atoms with Crippen LogP contribution in [0.5, 0.6) is 0 Å². The van der Waals surface area contributed by atoms with E-state index >= 15 is 0 Å². The van der Waals surface area contributed by atoms with Crippen molar-refractivity contribution in [2.75, 3.05) is 13.1 Å². The topological polar surface area (TPSA) is 20.3 Å². The average molecular weight is 259 g/mol. The summed E-state index contributed by atoms with van der Waals surface area (Å²) in [4.78, 5) is 11.8. The number of alkyl halides is 5. The van der Waals surface area contributed by atoms with E-state index in [2.05, 4.69) is 0 Å². The lowest BCUT2D eigenvalue weighted by Gasteiger charge is -2.39. The van der Waals surface area contributed by atoms with Crippen LogP contribution in [0.2, 0.25) is 0 Å². The highest BCUT2D eigenvalue weighted by atomic mass is 19.4. The molecule has 0 aromatic carbocycles. The van der Waals surface area contributed by atoms with Crippen LogP contribution in [-0.4, -0.2) is 36.0 Å². The molecule has 0 aromatic rings. The van der Waals surface area contributed by atoms with E-state index in [0.717, 1.165) is 0 Å². The Balaban J connectivity index is 2.84. The molecular formula is C10H14F5NO. The van der Waals surface area contributed by atoms with E-state index in [9.17, 15) is 26.7 Å². The molecule has 1 amide bonds. The number of carbonyl (C=O) groups is 1. The normalized spacial score (nSPS) is 21.5. The minimum absolute atomic E-state index is 0.0477. The van der Waals surface area contributed by atoms with Gasteiger partial charge in [0.2, 0.25) is 0 Å². The van der Waals surface area contributed by atoms with Crippen molar-refractivity contribution in [1.82, 2.24) is 4.90 Å². The Labute approximate surface area is 95.8 Å². The Morgan fingerprint density at radius 1 is 1.18 bits per heavy atom. The van der Waals surface area contributed by atoms with Gasteiger partial charge in [-0.05, 0) is 18.3 Å². The molecule has 0 radical (unpaired) electrons. The number of amides is 1. The maximum absolute atomic E-state index is 12.8. The van der Waals surface area contributed by atoms with Crippen molar-refractivity contribution >= 4 is 5.91 Å². The van der Waals surface area contributed by atoms with Gasteiger partial charge < -0.3 is 4.90 Å². The summed E-state index contributed by atoms with van der Waals surface area (Å²) in [6, 6.07) is 0. The molecule has 0 N–H and O–H groups in total. The Morgan fingerprint density at radius 2 is 1.71 bits per heavy atom. The quantitative estimate of drug-likeness (QED) is 0.663. The smallest absolute Gasteiger partial charge is 0.337 e. The van der Waals surface area contributed by atoms with Gasteiger partial charge in [-0.15, -0.1) is 0 Å². The van der Waals surface area contributed by atoms with Crippen LogP contribution in [0.15, 0.2) is 0 Å². The largest absolute Gasteiger partial charge is 0.463 e. The van der Waals surface area contributed by atoms with Crippen LogP contribution < -0.4 is 0 Å². The highest BCUT2D eigenvalue weighted by molar-refractivity contribution is 5.84. The van der Waals surface area contributed by atoms with Gasteiger partial charge in [0.1, 0.15) is 0 Å². The van der Waals surface area contributed by atoms with E-state index in [1.165, 1.54) is 0 Å². The van der Waals surface area contributed by atoms with Crippen molar-refractivity contribution in [3.05, 3.63) is 0 Å². The van der Waals surface area contributed by atoms with E-state index in [-0.39, 0.29) is 13.1 Å². The van der Waals surface area contributed by atoms with Crippen LogP contribution >= 0.6 is 0 Å². The minimum Gasteiger partial charge on any atom is -0.337 e. The number of nitrogens with zero attached hydrogens (tertiary/aromatic N) is 1. The van der Waals surface area contributed by atoms with Crippen LogP contribution in [0, 0.1) is 5.41 Å². The molecule has 0 atom stereocenters. The van der Waals surface area contributed by atoms with E-state index in [1.807, 2.05) is 0 Å². The van der Waals surface area contributed by atoms with Gasteiger partial charge in [0.15, 0.2) is 0 Å². The number of piperidine rings is 1. The van der Waals surface area contributed by atoms with Gasteiger partial charge in [-0.2, -0.15) is 22.0 Å². The highest BCUT2D eigenvalue weighted by Crippen LogP contribution is 2.38. The molecule has 1 aliphatic heterocycles. The predicted molar refractivity (Wildman–Crippen MR) is 50.6 cm³/mol. The van der Waals surface area contributed by atoms with Crippen molar-refractivity contribution < 1.29 is 26.7 Å². The summed E-state index contributed by atoms with van der Waals surface area (Å²) in [6.07, 6.45) is -4.69. The molecule has 1 saturated heterocycles. The van der Waals surface area contributed by atoms with Crippen LogP contribution in [0.25, 0.3) is 0 Å². The number of rotatable bonds is 1. The first-order valence-corrected chi connectivity index (χ1v) is 5.21. The first-order chi connectivity index (χ1) is 7.47. The third kappa shape index (κ3) is 2.87. The summed E-state index contributed by atoms with van der Waals surface area (Å²) in [6.45, 7) is 3.35. The van der Waals surface area contributed by atoms with Gasteiger partial charge in [0, 0.05) is 13.1 Å². The molecule has 0 bridgehead atoms. The minimum atomic E-state index is -5.83. The first kappa shape index (κ1) is 14.2. The standard InChI is InChI=1S/C10H14F5NO/c1-8(2)4-3-5-16(6-8)7(17)9(11,12)10(13,14)15/h3-6H2,1-2H3. The Hall–Kier alpha value is -0.880. The van der Waals surface area contributed by atoms with Crippen molar-refractivity contribution in [3.8, 4) is 0 Å². The number of hydrogen-bond donors (Lipinski definition) is 0. The maximum Gasteiger partial charge on any atom is 0.463 e. The summed E-state index contributed by atoms with van der Waals surface area (Å²) < 4.78 is 61.8. The molecule has 100 valence electrons. The third-order valence-corrected chi connectivity index (χ3v) is 2.81. The Morgan fingerprint density at radius 3 is 2.12 bits per heavy atom. The molecule has 1 fully saturated rings. The SMILES string of the molecule is CC1(C)CCCN(C(=O)C(F)(F)C(F)(F)F)C1. The van der Waals surface area contributed by atoms with E-state index < -0.39 is 23.4 Å². The second-order valence-electron chi connectivity index (χ2n) is 5.07. The predicted octanol–water partition coefficient (Wildman–Crippen LogP) is 2.83. The molecule has 7 heteroatoms. The highest BCUT2D eigenvalue weighted by Gasteiger charge is 2.64. The molecule has 0 spiro atoms. The zero-order chi connectivity index (χ0) is 13.5. The zero-order valence-corrected chi connectivity index (χ0v) is 9.57. The number of carbonyl (C=O) groups excluding carboxylic acids is 1. The molecule has 1 rings (SSSR count). The van der Waals surface area contributed by atoms with E-state index in [1.54, 1.807) is 13.8 Å². The maximum atomic E-state index is 12.8. The Kier molecular flexibility index (Phi) is 3.42. The lowest BCUT2D eigenvalue weighted by atomic mass is 9.84. The zero-order valence-electron chi connectivity index (χ0n) is 9.57. The number of likely N-dealkylation sites (tertiary alicyclic amines) is 1. The van der Waals surface area contributed by atoms with Crippen LogP contribution in [0.1, 0.15) is 26.7 Å². The summed E-state index contributed by atoms with van der Waals surface area (Å²) in [5.41, 5.74) is -0.421. The van der Waals surface area contributed by atoms with Gasteiger partial charge in [-0.1, -0.05) is 13.8 Å². The fraction of sp³-hybridized carbons (Fsp3) is 0.900. The summed E-state index contributed by atoms with van der Waals surface area (Å²) in [7, 11) is 0. The molecule has 0 aromatic heterocycles. The van der Waals surface area contributed by atoms with Gasteiger partial charge in [-0.25, -0.2) is 0 Å². The molecule has 1 heterocycles. The van der Waals surface area contributed by atoms with Gasteiger partial charge in [0.25, 0.3) is 0 Å². The number of hydrogen-bond acceptors (Lipinski definition) is 1. The van der Waals surface area contributed by atoms with Crippen LogP contribution in [-0.2, 0) is 4.79 Å². The van der Waals surface area contributed by atoms with Crippen molar-refractivity contribution in [3.63, 3.8) is 0 Å². The molecule has 2 nitrogen and oxygen atoms in total. The second kappa shape index (κ2) is 4.10. The van der Waals surface area contributed by atoms with Crippen molar-refractivity contribution in [2.45, 2.75) is 38.8 Å². The summed E-state index contributed by atoms with van der Waals surface area (Å²) in [5, 5.41) is 0. The fourth-order valence-corrected chi connectivity index (χ4v) is 1.92. The Bertz CT molecular complexity index is 310. The second-order valence-corrected chi connectivity index (χ2v) is 5.07. The number of halogens is 5. The van der Waals surface area contributed by atoms with Crippen LogP contribution in [0.4, 0.5) is 22.0 Å². The van der Waals surface area contributed by atoms with E-state index in [0.29, 0.717) is 17.7 Å². The molecule has 0 saturated carbocycles.